The highest BCUT2D eigenvalue weighted by Crippen LogP contribution is 2.26. The molecule has 2 amide bonds. The van der Waals surface area contributed by atoms with Crippen molar-refractivity contribution in [3.8, 4) is 0 Å². The van der Waals surface area contributed by atoms with E-state index in [4.69, 9.17) is 0 Å². The molecule has 3 rings (SSSR count). The lowest BCUT2D eigenvalue weighted by atomic mass is 9.94. The van der Waals surface area contributed by atoms with Crippen molar-refractivity contribution >= 4 is 35.0 Å². The van der Waals surface area contributed by atoms with Crippen LogP contribution in [-0.4, -0.2) is 40.5 Å². The number of carbonyl (C=O) groups excluding carboxylic acids is 2. The van der Waals surface area contributed by atoms with Gasteiger partial charge in [0.25, 0.3) is 11.6 Å². The van der Waals surface area contributed by atoms with E-state index < -0.39 is 4.92 Å². The first-order valence-electron chi connectivity index (χ1n) is 9.99. The van der Waals surface area contributed by atoms with Crippen molar-refractivity contribution in [2.24, 2.45) is 0 Å². The fourth-order valence-corrected chi connectivity index (χ4v) is 4.53. The molecule has 158 valence electrons. The molecule has 1 fully saturated rings. The van der Waals surface area contributed by atoms with Crippen LogP contribution < -0.4 is 5.32 Å². The average molecular weight is 428 g/mol. The summed E-state index contributed by atoms with van der Waals surface area (Å²) in [6, 6.07) is 13.1. The maximum atomic E-state index is 12.7. The van der Waals surface area contributed by atoms with E-state index in [2.05, 4.69) is 5.32 Å². The van der Waals surface area contributed by atoms with Crippen LogP contribution in [0.3, 0.4) is 0 Å². The molecule has 0 spiro atoms. The zero-order valence-corrected chi connectivity index (χ0v) is 17.7. The Balaban J connectivity index is 1.62. The van der Waals surface area contributed by atoms with Crippen LogP contribution in [-0.2, 0) is 4.79 Å². The van der Waals surface area contributed by atoms with Crippen LogP contribution in [0.4, 0.5) is 11.4 Å². The van der Waals surface area contributed by atoms with Crippen LogP contribution in [0.15, 0.2) is 53.4 Å². The van der Waals surface area contributed by atoms with Crippen LogP contribution >= 0.6 is 11.8 Å². The lowest BCUT2D eigenvalue weighted by Gasteiger charge is -2.31. The first-order chi connectivity index (χ1) is 14.5. The second kappa shape index (κ2) is 10.2. The van der Waals surface area contributed by atoms with Gasteiger partial charge in [-0.05, 0) is 37.1 Å². The molecule has 2 aromatic rings. The average Bonchev–Trinajstić information content (AvgIpc) is 2.78. The fourth-order valence-electron chi connectivity index (χ4n) is 3.56. The number of carbonyl (C=O) groups is 2. The number of thioether (sulfide) groups is 1. The van der Waals surface area contributed by atoms with Gasteiger partial charge in [-0.2, -0.15) is 0 Å². The molecule has 8 heteroatoms. The second-order valence-corrected chi connectivity index (χ2v) is 8.36. The summed E-state index contributed by atoms with van der Waals surface area (Å²) >= 11 is 1.35. The number of amides is 2. The highest BCUT2D eigenvalue weighted by atomic mass is 32.2. The van der Waals surface area contributed by atoms with Gasteiger partial charge in [-0.3, -0.25) is 19.7 Å². The van der Waals surface area contributed by atoms with Crippen LogP contribution in [0.5, 0.6) is 0 Å². The van der Waals surface area contributed by atoms with E-state index in [-0.39, 0.29) is 23.3 Å². The fraction of sp³-hybridized carbons (Fsp3) is 0.364. The Morgan fingerprint density at radius 3 is 2.43 bits per heavy atom. The van der Waals surface area contributed by atoms with Crippen molar-refractivity contribution in [1.29, 1.82) is 0 Å². The van der Waals surface area contributed by atoms with Crippen molar-refractivity contribution in [3.63, 3.8) is 0 Å². The topological polar surface area (TPSA) is 92.6 Å². The van der Waals surface area contributed by atoms with Gasteiger partial charge < -0.3 is 10.2 Å². The Morgan fingerprint density at radius 1 is 1.10 bits per heavy atom. The molecule has 1 aliphatic rings. The van der Waals surface area contributed by atoms with Gasteiger partial charge in [0.05, 0.1) is 16.2 Å². The number of hydrogen-bond acceptors (Lipinski definition) is 5. The minimum absolute atomic E-state index is 0.0375. The molecule has 0 radical (unpaired) electrons. The van der Waals surface area contributed by atoms with Crippen LogP contribution in [0.25, 0.3) is 0 Å². The number of benzene rings is 2. The highest BCUT2D eigenvalue weighted by molar-refractivity contribution is 8.00. The maximum Gasteiger partial charge on any atom is 0.269 e. The van der Waals surface area contributed by atoms with E-state index in [0.717, 1.165) is 17.7 Å². The Hall–Kier alpha value is -2.87. The lowest BCUT2D eigenvalue weighted by Crippen LogP contribution is -2.39. The third-order valence-corrected chi connectivity index (χ3v) is 6.39. The number of nitrogens with one attached hydrogen (secondary N) is 1. The second-order valence-electron chi connectivity index (χ2n) is 7.34. The van der Waals surface area contributed by atoms with Crippen molar-refractivity contribution < 1.29 is 14.5 Å². The summed E-state index contributed by atoms with van der Waals surface area (Å²) in [4.78, 5) is 38.2. The van der Waals surface area contributed by atoms with Crippen molar-refractivity contribution in [3.05, 3.63) is 64.2 Å². The Labute approximate surface area is 180 Å². The molecule has 0 saturated heterocycles. The van der Waals surface area contributed by atoms with Gasteiger partial charge in [0.15, 0.2) is 0 Å². The summed E-state index contributed by atoms with van der Waals surface area (Å²) < 4.78 is 0. The molecular weight excluding hydrogens is 402 g/mol. The van der Waals surface area contributed by atoms with Gasteiger partial charge >= 0.3 is 0 Å². The van der Waals surface area contributed by atoms with Crippen molar-refractivity contribution in [2.45, 2.75) is 43.0 Å². The molecule has 0 bridgehead atoms. The molecule has 0 atom stereocenters. The normalized spacial score (nSPS) is 14.2. The van der Waals surface area contributed by atoms with Crippen molar-refractivity contribution in [2.75, 3.05) is 18.1 Å². The number of non-ortho nitro benzene ring substituents is 1. The monoisotopic (exact) mass is 427 g/mol. The van der Waals surface area contributed by atoms with Crippen LogP contribution in [0.1, 0.15) is 42.5 Å². The summed E-state index contributed by atoms with van der Waals surface area (Å²) in [6.45, 7) is 0. The third-order valence-electron chi connectivity index (χ3n) is 5.33. The van der Waals surface area contributed by atoms with E-state index in [0.29, 0.717) is 17.3 Å². The van der Waals surface area contributed by atoms with Gasteiger partial charge in [-0.1, -0.05) is 31.4 Å². The maximum absolute atomic E-state index is 12.7. The Morgan fingerprint density at radius 2 is 1.77 bits per heavy atom. The van der Waals surface area contributed by atoms with Crippen LogP contribution in [0, 0.1) is 10.1 Å². The number of nitrogens with zero attached hydrogens (tertiary/aromatic N) is 2. The molecule has 0 unspecified atom stereocenters. The number of hydrogen-bond donors (Lipinski definition) is 1. The van der Waals surface area contributed by atoms with E-state index in [1.54, 1.807) is 12.1 Å². The first-order valence-corrected chi connectivity index (χ1v) is 11.0. The van der Waals surface area contributed by atoms with Gasteiger partial charge in [0.2, 0.25) is 5.91 Å². The van der Waals surface area contributed by atoms with Gasteiger partial charge in [0, 0.05) is 35.8 Å². The zero-order valence-electron chi connectivity index (χ0n) is 16.9. The smallest absolute Gasteiger partial charge is 0.269 e. The summed E-state index contributed by atoms with van der Waals surface area (Å²) in [6.07, 6.45) is 5.69. The molecule has 1 N–H and O–H groups in total. The van der Waals surface area contributed by atoms with Gasteiger partial charge in [-0.25, -0.2) is 0 Å². The molecule has 0 aliphatic heterocycles. The highest BCUT2D eigenvalue weighted by Gasteiger charge is 2.22. The molecule has 0 aromatic heterocycles. The predicted molar refractivity (Wildman–Crippen MR) is 118 cm³/mol. The van der Waals surface area contributed by atoms with Crippen molar-refractivity contribution in [1.82, 2.24) is 4.90 Å². The third kappa shape index (κ3) is 5.60. The molecule has 1 saturated carbocycles. The lowest BCUT2D eigenvalue weighted by molar-refractivity contribution is -0.384. The quantitative estimate of drug-likeness (QED) is 0.392. The number of anilines is 1. The molecular formula is C22H25N3O4S. The molecule has 30 heavy (non-hydrogen) atoms. The summed E-state index contributed by atoms with van der Waals surface area (Å²) in [5.74, 6) is 0.0203. The molecule has 7 nitrogen and oxygen atoms in total. The standard InChI is InChI=1S/C22H25N3O4S/c1-24(17-7-3-2-4-8-17)21(26)15-30-20-10-6-5-9-19(20)22(27)23-16-11-13-18(14-12-16)25(28)29/h5-6,9-14,17H,2-4,7-8,15H2,1H3,(H,23,27). The minimum atomic E-state index is -0.487. The van der Waals surface area contributed by atoms with Crippen LogP contribution in [0.2, 0.25) is 0 Å². The SMILES string of the molecule is CN(C(=O)CSc1ccccc1C(=O)Nc1ccc([N+](=O)[O-])cc1)C1CCCCC1. The number of rotatable bonds is 7. The molecule has 2 aromatic carbocycles. The number of nitro groups is 1. The largest absolute Gasteiger partial charge is 0.342 e. The summed E-state index contributed by atoms with van der Waals surface area (Å²) in [5, 5.41) is 13.5. The molecule has 0 heterocycles. The predicted octanol–water partition coefficient (Wildman–Crippen LogP) is 4.73. The van der Waals surface area contributed by atoms with E-state index >= 15 is 0 Å². The van der Waals surface area contributed by atoms with E-state index in [1.165, 1.54) is 55.3 Å². The Bertz CT molecular complexity index is 911. The molecule has 1 aliphatic carbocycles. The zero-order chi connectivity index (χ0) is 21.5. The van der Waals surface area contributed by atoms with Gasteiger partial charge in [0.1, 0.15) is 0 Å². The van der Waals surface area contributed by atoms with Gasteiger partial charge in [-0.15, -0.1) is 11.8 Å². The number of nitro benzene ring substituents is 1. The minimum Gasteiger partial charge on any atom is -0.342 e. The Kier molecular flexibility index (Phi) is 7.46. The summed E-state index contributed by atoms with van der Waals surface area (Å²) in [7, 11) is 1.87. The summed E-state index contributed by atoms with van der Waals surface area (Å²) in [5.41, 5.74) is 0.900. The van der Waals surface area contributed by atoms with E-state index in [1.807, 2.05) is 24.1 Å². The van der Waals surface area contributed by atoms with E-state index in [9.17, 15) is 19.7 Å². The first kappa shape index (κ1) is 21.8.